The molecule has 0 aliphatic carbocycles. The molecule has 4 nitrogen and oxygen atoms in total. The third-order valence-electron chi connectivity index (χ3n) is 4.58. The van der Waals surface area contributed by atoms with E-state index in [0.717, 1.165) is 0 Å². The molecular weight excluding hydrogens is 284 g/mol. The first kappa shape index (κ1) is 18.3. The van der Waals surface area contributed by atoms with Crippen LogP contribution >= 0.6 is 11.8 Å². The number of hydrogen-bond donors (Lipinski definition) is 1. The number of rotatable bonds is 6. The Balaban J connectivity index is 3.21. The third kappa shape index (κ3) is 3.55. The van der Waals surface area contributed by atoms with E-state index in [0.29, 0.717) is 19.4 Å². The number of thioether (sulfide) groups is 1. The van der Waals surface area contributed by atoms with Crippen LogP contribution in [0.5, 0.6) is 0 Å². The van der Waals surface area contributed by atoms with Gasteiger partial charge in [0.05, 0.1) is 0 Å². The smallest absolute Gasteiger partial charge is 0.249 e. The highest BCUT2D eigenvalue weighted by molar-refractivity contribution is 7.99. The summed E-state index contributed by atoms with van der Waals surface area (Å²) in [4.78, 5) is 27.5. The van der Waals surface area contributed by atoms with Crippen molar-refractivity contribution in [3.05, 3.63) is 0 Å². The zero-order chi connectivity index (χ0) is 16.4. The average molecular weight is 314 g/mol. The molecule has 122 valence electrons. The summed E-state index contributed by atoms with van der Waals surface area (Å²) >= 11 is 1.73. The molecule has 0 aromatic rings. The topological polar surface area (TPSA) is 49.4 Å². The van der Waals surface area contributed by atoms with Crippen molar-refractivity contribution in [2.45, 2.75) is 70.7 Å². The van der Waals surface area contributed by atoms with Gasteiger partial charge < -0.3 is 10.2 Å². The number of nitrogens with one attached hydrogen (secondary N) is 1. The number of carbonyl (C=O) groups is 2. The second-order valence-electron chi connectivity index (χ2n) is 6.86. The van der Waals surface area contributed by atoms with Gasteiger partial charge in [-0.3, -0.25) is 9.59 Å². The lowest BCUT2D eigenvalue weighted by Crippen LogP contribution is -2.72. The Labute approximate surface area is 133 Å². The molecule has 1 atom stereocenters. The zero-order valence-electron chi connectivity index (χ0n) is 14.4. The lowest BCUT2D eigenvalue weighted by atomic mass is 9.84. The van der Waals surface area contributed by atoms with Gasteiger partial charge in [-0.1, -0.05) is 27.7 Å². The molecule has 21 heavy (non-hydrogen) atoms. The Hall–Kier alpha value is -0.710. The van der Waals surface area contributed by atoms with Crippen LogP contribution in [0, 0.1) is 5.92 Å². The number of piperazine rings is 1. The van der Waals surface area contributed by atoms with E-state index in [9.17, 15) is 9.59 Å². The van der Waals surface area contributed by atoms with Gasteiger partial charge in [-0.25, -0.2) is 0 Å². The predicted octanol–water partition coefficient (Wildman–Crippen LogP) is 2.67. The molecule has 0 bridgehead atoms. The summed E-state index contributed by atoms with van der Waals surface area (Å²) in [6.07, 6.45) is 3.32. The molecule has 1 fully saturated rings. The predicted molar refractivity (Wildman–Crippen MR) is 89.4 cm³/mol. The minimum absolute atomic E-state index is 0.00907. The van der Waals surface area contributed by atoms with Crippen LogP contribution in [-0.4, -0.2) is 45.8 Å². The van der Waals surface area contributed by atoms with Crippen LogP contribution in [0.25, 0.3) is 0 Å². The summed E-state index contributed by atoms with van der Waals surface area (Å²) < 4.78 is -0.0619. The lowest BCUT2D eigenvalue weighted by Gasteiger charge is -2.48. The van der Waals surface area contributed by atoms with Crippen molar-refractivity contribution in [3.63, 3.8) is 0 Å². The molecule has 1 aliphatic rings. The summed E-state index contributed by atoms with van der Waals surface area (Å²) in [5, 5.41) is 3.01. The standard InChI is InChI=1S/C16H30N2O2S/c1-8-16(9-2)14(20)18(10-15(5,6)21-7)12(11(3)4)13(19)17-16/h11-12H,8-10H2,1-7H3,(H,17,19). The molecule has 5 heteroatoms. The molecule has 0 radical (unpaired) electrons. The van der Waals surface area contributed by atoms with E-state index in [2.05, 4.69) is 19.2 Å². The van der Waals surface area contributed by atoms with Gasteiger partial charge in [0.2, 0.25) is 11.8 Å². The normalized spacial score (nSPS) is 22.7. The summed E-state index contributed by atoms with van der Waals surface area (Å²) in [5.74, 6) is 0.177. The van der Waals surface area contributed by atoms with Crippen LogP contribution in [0.15, 0.2) is 0 Å². The van der Waals surface area contributed by atoms with E-state index in [4.69, 9.17) is 0 Å². The molecule has 1 aliphatic heterocycles. The average Bonchev–Trinajstić information content (AvgIpc) is 2.42. The van der Waals surface area contributed by atoms with Gasteiger partial charge in [0.25, 0.3) is 0 Å². The summed E-state index contributed by atoms with van der Waals surface area (Å²) in [7, 11) is 0. The van der Waals surface area contributed by atoms with Crippen molar-refractivity contribution >= 4 is 23.6 Å². The molecule has 1 rings (SSSR count). The van der Waals surface area contributed by atoms with Gasteiger partial charge in [-0.15, -0.1) is 0 Å². The zero-order valence-corrected chi connectivity index (χ0v) is 15.3. The van der Waals surface area contributed by atoms with Gasteiger partial charge in [0, 0.05) is 11.3 Å². The van der Waals surface area contributed by atoms with Crippen molar-refractivity contribution in [3.8, 4) is 0 Å². The maximum atomic E-state index is 13.1. The minimum Gasteiger partial charge on any atom is -0.340 e. The Morgan fingerprint density at radius 2 is 1.81 bits per heavy atom. The van der Waals surface area contributed by atoms with Crippen LogP contribution in [0.4, 0.5) is 0 Å². The van der Waals surface area contributed by atoms with Crippen molar-refractivity contribution in [1.82, 2.24) is 10.2 Å². The summed E-state index contributed by atoms with van der Waals surface area (Å²) in [6.45, 7) is 12.8. The molecular formula is C16H30N2O2S. The van der Waals surface area contributed by atoms with Gasteiger partial charge in [-0.05, 0) is 38.9 Å². The van der Waals surface area contributed by atoms with Crippen molar-refractivity contribution < 1.29 is 9.59 Å². The molecule has 0 saturated carbocycles. The lowest BCUT2D eigenvalue weighted by molar-refractivity contribution is -0.157. The van der Waals surface area contributed by atoms with E-state index in [1.165, 1.54) is 0 Å². The number of amides is 2. The van der Waals surface area contributed by atoms with Crippen molar-refractivity contribution in [1.29, 1.82) is 0 Å². The molecule has 1 heterocycles. The minimum atomic E-state index is -0.725. The Morgan fingerprint density at radius 1 is 1.29 bits per heavy atom. The fraction of sp³-hybridized carbons (Fsp3) is 0.875. The quantitative estimate of drug-likeness (QED) is 0.820. The molecule has 1 saturated heterocycles. The Bertz CT molecular complexity index is 403. The molecule has 0 aromatic carbocycles. The summed E-state index contributed by atoms with van der Waals surface area (Å²) in [6, 6.07) is -0.366. The first-order valence-corrected chi connectivity index (χ1v) is 9.04. The van der Waals surface area contributed by atoms with Crippen LogP contribution in [0.2, 0.25) is 0 Å². The number of carbonyl (C=O) groups excluding carboxylic acids is 2. The van der Waals surface area contributed by atoms with Gasteiger partial charge in [-0.2, -0.15) is 11.8 Å². The van der Waals surface area contributed by atoms with E-state index >= 15 is 0 Å². The van der Waals surface area contributed by atoms with Crippen LogP contribution < -0.4 is 5.32 Å². The van der Waals surface area contributed by atoms with Crippen LogP contribution in [0.3, 0.4) is 0 Å². The van der Waals surface area contributed by atoms with E-state index in [-0.39, 0.29) is 28.5 Å². The Kier molecular flexibility index (Phi) is 5.76. The second-order valence-corrected chi connectivity index (χ2v) is 8.38. The third-order valence-corrected chi connectivity index (χ3v) is 5.81. The molecule has 1 N–H and O–H groups in total. The number of hydrogen-bond acceptors (Lipinski definition) is 3. The van der Waals surface area contributed by atoms with Crippen molar-refractivity contribution in [2.75, 3.05) is 12.8 Å². The fourth-order valence-electron chi connectivity index (χ4n) is 2.94. The van der Waals surface area contributed by atoms with Gasteiger partial charge in [0.1, 0.15) is 11.6 Å². The highest BCUT2D eigenvalue weighted by atomic mass is 32.2. The van der Waals surface area contributed by atoms with E-state index in [1.807, 2.05) is 38.9 Å². The molecule has 1 unspecified atom stereocenters. The van der Waals surface area contributed by atoms with Crippen LogP contribution in [0.1, 0.15) is 54.4 Å². The molecule has 0 aromatic heterocycles. The molecule has 0 spiro atoms. The van der Waals surface area contributed by atoms with Gasteiger partial charge in [0.15, 0.2) is 0 Å². The van der Waals surface area contributed by atoms with Gasteiger partial charge >= 0.3 is 0 Å². The number of nitrogens with zero attached hydrogens (tertiary/aromatic N) is 1. The van der Waals surface area contributed by atoms with Crippen molar-refractivity contribution in [2.24, 2.45) is 5.92 Å². The molecule has 2 amide bonds. The maximum absolute atomic E-state index is 13.1. The Morgan fingerprint density at radius 3 is 2.19 bits per heavy atom. The first-order chi connectivity index (χ1) is 9.64. The fourth-order valence-corrected chi connectivity index (χ4v) is 3.21. The first-order valence-electron chi connectivity index (χ1n) is 7.82. The summed E-state index contributed by atoms with van der Waals surface area (Å²) in [5.41, 5.74) is -0.725. The van der Waals surface area contributed by atoms with E-state index < -0.39 is 5.54 Å². The SMILES string of the molecule is CCC1(CC)NC(=O)C(C(C)C)N(CC(C)(C)SC)C1=O. The highest BCUT2D eigenvalue weighted by Gasteiger charge is 2.50. The van der Waals surface area contributed by atoms with E-state index in [1.54, 1.807) is 11.8 Å². The maximum Gasteiger partial charge on any atom is 0.249 e. The van der Waals surface area contributed by atoms with Crippen LogP contribution in [-0.2, 0) is 9.59 Å². The highest BCUT2D eigenvalue weighted by Crippen LogP contribution is 2.31. The second kappa shape index (κ2) is 6.59. The largest absolute Gasteiger partial charge is 0.340 e. The monoisotopic (exact) mass is 314 g/mol.